The first-order valence-electron chi connectivity index (χ1n) is 5.96. The van der Waals surface area contributed by atoms with Gasteiger partial charge in [0.05, 0.1) is 0 Å². The highest BCUT2D eigenvalue weighted by Gasteiger charge is 2.02. The van der Waals surface area contributed by atoms with Crippen molar-refractivity contribution in [1.82, 2.24) is 5.32 Å². The summed E-state index contributed by atoms with van der Waals surface area (Å²) in [6, 6.07) is 15.9. The summed E-state index contributed by atoms with van der Waals surface area (Å²) >= 11 is 0. The van der Waals surface area contributed by atoms with Crippen LogP contribution in [0.4, 0.5) is 0 Å². The maximum absolute atomic E-state index is 11.6. The van der Waals surface area contributed by atoms with E-state index in [1.807, 2.05) is 24.3 Å². The van der Waals surface area contributed by atoms with Crippen LogP contribution >= 0.6 is 0 Å². The Balaban J connectivity index is 1.76. The van der Waals surface area contributed by atoms with Crippen molar-refractivity contribution in [2.45, 2.75) is 6.54 Å². The first-order valence-corrected chi connectivity index (χ1v) is 5.96. The molecule has 4 nitrogen and oxygen atoms in total. The predicted octanol–water partition coefficient (Wildman–Crippen LogP) is 2.09. The van der Waals surface area contributed by atoms with E-state index >= 15 is 0 Å². The third-order valence-electron chi connectivity index (χ3n) is 2.51. The number of hydrogen-bond donors (Lipinski definition) is 2. The minimum Gasteiger partial charge on any atom is -0.508 e. The van der Waals surface area contributed by atoms with E-state index in [0.717, 1.165) is 5.56 Å². The van der Waals surface area contributed by atoms with Crippen LogP contribution in [0.3, 0.4) is 0 Å². The van der Waals surface area contributed by atoms with Crippen LogP contribution in [0.15, 0.2) is 54.6 Å². The standard InChI is InChI=1S/C15H15NO3/c17-13-6-4-5-12(9-13)10-16-15(18)11-19-14-7-2-1-3-8-14/h1-9,17H,10-11H2,(H,16,18). The number of ether oxygens (including phenoxy) is 1. The van der Waals surface area contributed by atoms with Gasteiger partial charge in [-0.2, -0.15) is 0 Å². The smallest absolute Gasteiger partial charge is 0.258 e. The van der Waals surface area contributed by atoms with Crippen molar-refractivity contribution < 1.29 is 14.6 Å². The van der Waals surface area contributed by atoms with E-state index in [0.29, 0.717) is 12.3 Å². The maximum atomic E-state index is 11.6. The normalized spacial score (nSPS) is 9.89. The molecule has 0 bridgehead atoms. The van der Waals surface area contributed by atoms with Gasteiger partial charge in [-0.15, -0.1) is 0 Å². The van der Waals surface area contributed by atoms with Crippen molar-refractivity contribution in [2.24, 2.45) is 0 Å². The van der Waals surface area contributed by atoms with Crippen LogP contribution in [0, 0.1) is 0 Å². The van der Waals surface area contributed by atoms with Gasteiger partial charge in [0.25, 0.3) is 5.91 Å². The van der Waals surface area contributed by atoms with Crippen LogP contribution in [0.1, 0.15) is 5.56 Å². The first kappa shape index (κ1) is 13.0. The van der Waals surface area contributed by atoms with E-state index in [1.54, 1.807) is 30.3 Å². The SMILES string of the molecule is O=C(COc1ccccc1)NCc1cccc(O)c1. The number of benzene rings is 2. The summed E-state index contributed by atoms with van der Waals surface area (Å²) in [5, 5.41) is 12.0. The van der Waals surface area contributed by atoms with Crippen LogP contribution in [-0.4, -0.2) is 17.6 Å². The summed E-state index contributed by atoms with van der Waals surface area (Å²) in [6.07, 6.45) is 0. The Kier molecular flexibility index (Phi) is 4.39. The molecule has 0 spiro atoms. The molecule has 0 fully saturated rings. The molecule has 2 aromatic rings. The molecule has 0 radical (unpaired) electrons. The van der Waals surface area contributed by atoms with Gasteiger partial charge in [-0.3, -0.25) is 4.79 Å². The average Bonchev–Trinajstić information content (AvgIpc) is 2.44. The van der Waals surface area contributed by atoms with E-state index in [-0.39, 0.29) is 18.3 Å². The summed E-state index contributed by atoms with van der Waals surface area (Å²) < 4.78 is 5.32. The molecule has 0 saturated carbocycles. The maximum Gasteiger partial charge on any atom is 0.258 e. The highest BCUT2D eigenvalue weighted by atomic mass is 16.5. The van der Waals surface area contributed by atoms with Crippen molar-refractivity contribution in [3.63, 3.8) is 0 Å². The van der Waals surface area contributed by atoms with Crippen LogP contribution in [0.2, 0.25) is 0 Å². The van der Waals surface area contributed by atoms with Crippen molar-refractivity contribution in [1.29, 1.82) is 0 Å². The summed E-state index contributed by atoms with van der Waals surface area (Å²) in [4.78, 5) is 11.6. The molecule has 19 heavy (non-hydrogen) atoms. The van der Waals surface area contributed by atoms with Gasteiger partial charge >= 0.3 is 0 Å². The number of carbonyl (C=O) groups is 1. The Morgan fingerprint density at radius 2 is 1.89 bits per heavy atom. The van der Waals surface area contributed by atoms with Crippen LogP contribution < -0.4 is 10.1 Å². The van der Waals surface area contributed by atoms with Crippen molar-refractivity contribution >= 4 is 5.91 Å². The summed E-state index contributed by atoms with van der Waals surface area (Å²) in [5.41, 5.74) is 0.841. The first-order chi connectivity index (χ1) is 9.24. The molecule has 1 amide bonds. The molecule has 0 aliphatic heterocycles. The molecular formula is C15H15NO3. The largest absolute Gasteiger partial charge is 0.508 e. The summed E-state index contributed by atoms with van der Waals surface area (Å²) in [5.74, 6) is 0.648. The second-order valence-corrected chi connectivity index (χ2v) is 4.05. The fraction of sp³-hybridized carbons (Fsp3) is 0.133. The Morgan fingerprint density at radius 1 is 1.11 bits per heavy atom. The number of rotatable bonds is 5. The zero-order valence-electron chi connectivity index (χ0n) is 10.4. The monoisotopic (exact) mass is 257 g/mol. The number of phenolic OH excluding ortho intramolecular Hbond substituents is 1. The molecule has 2 N–H and O–H groups in total. The zero-order valence-corrected chi connectivity index (χ0v) is 10.4. The number of amides is 1. The molecule has 2 rings (SSSR count). The third-order valence-corrected chi connectivity index (χ3v) is 2.51. The van der Waals surface area contributed by atoms with Crippen molar-refractivity contribution in [2.75, 3.05) is 6.61 Å². The van der Waals surface area contributed by atoms with Gasteiger partial charge in [0.15, 0.2) is 6.61 Å². The zero-order chi connectivity index (χ0) is 13.5. The Bertz CT molecular complexity index is 540. The van der Waals surface area contributed by atoms with Gasteiger partial charge in [0, 0.05) is 6.54 Å². The lowest BCUT2D eigenvalue weighted by atomic mass is 10.2. The fourth-order valence-electron chi connectivity index (χ4n) is 1.58. The second kappa shape index (κ2) is 6.44. The summed E-state index contributed by atoms with van der Waals surface area (Å²) in [6.45, 7) is 0.341. The highest BCUT2D eigenvalue weighted by molar-refractivity contribution is 5.77. The fourth-order valence-corrected chi connectivity index (χ4v) is 1.58. The molecular weight excluding hydrogens is 242 g/mol. The minimum absolute atomic E-state index is 0.0250. The molecule has 98 valence electrons. The minimum atomic E-state index is -0.202. The quantitative estimate of drug-likeness (QED) is 0.862. The number of carbonyl (C=O) groups excluding carboxylic acids is 1. The number of hydrogen-bond acceptors (Lipinski definition) is 3. The molecule has 0 heterocycles. The molecule has 0 unspecified atom stereocenters. The number of para-hydroxylation sites is 1. The van der Waals surface area contributed by atoms with Gasteiger partial charge in [0.2, 0.25) is 0 Å². The van der Waals surface area contributed by atoms with Gasteiger partial charge in [0.1, 0.15) is 11.5 Å². The van der Waals surface area contributed by atoms with E-state index in [1.165, 1.54) is 0 Å². The van der Waals surface area contributed by atoms with Gasteiger partial charge < -0.3 is 15.2 Å². The lowest BCUT2D eigenvalue weighted by Crippen LogP contribution is -2.28. The lowest BCUT2D eigenvalue weighted by Gasteiger charge is -2.07. The molecule has 0 aromatic heterocycles. The molecule has 0 saturated heterocycles. The van der Waals surface area contributed by atoms with E-state index in [4.69, 9.17) is 4.74 Å². The van der Waals surface area contributed by atoms with Gasteiger partial charge in [-0.25, -0.2) is 0 Å². The average molecular weight is 257 g/mol. The summed E-state index contributed by atoms with van der Waals surface area (Å²) in [7, 11) is 0. The molecule has 0 aliphatic rings. The Hall–Kier alpha value is -2.49. The van der Waals surface area contributed by atoms with E-state index in [9.17, 15) is 9.90 Å². The Labute approximate surface area is 111 Å². The molecule has 0 atom stereocenters. The van der Waals surface area contributed by atoms with E-state index < -0.39 is 0 Å². The van der Waals surface area contributed by atoms with E-state index in [2.05, 4.69) is 5.32 Å². The molecule has 0 aliphatic carbocycles. The second-order valence-electron chi connectivity index (χ2n) is 4.05. The van der Waals surface area contributed by atoms with Crippen LogP contribution in [0.5, 0.6) is 11.5 Å². The lowest BCUT2D eigenvalue weighted by molar-refractivity contribution is -0.123. The molecule has 4 heteroatoms. The topological polar surface area (TPSA) is 58.6 Å². The van der Waals surface area contributed by atoms with Crippen molar-refractivity contribution in [3.8, 4) is 11.5 Å². The van der Waals surface area contributed by atoms with Gasteiger partial charge in [-0.05, 0) is 29.8 Å². The Morgan fingerprint density at radius 3 is 2.63 bits per heavy atom. The number of aromatic hydroxyl groups is 1. The number of nitrogens with one attached hydrogen (secondary N) is 1. The van der Waals surface area contributed by atoms with Crippen LogP contribution in [-0.2, 0) is 11.3 Å². The van der Waals surface area contributed by atoms with Crippen LogP contribution in [0.25, 0.3) is 0 Å². The molecule has 2 aromatic carbocycles. The number of phenols is 1. The predicted molar refractivity (Wildman–Crippen MR) is 71.9 cm³/mol. The third kappa shape index (κ3) is 4.35. The highest BCUT2D eigenvalue weighted by Crippen LogP contribution is 2.10. The van der Waals surface area contributed by atoms with Crippen molar-refractivity contribution in [3.05, 3.63) is 60.2 Å². The van der Waals surface area contributed by atoms with Gasteiger partial charge in [-0.1, -0.05) is 30.3 Å².